The fourth-order valence-corrected chi connectivity index (χ4v) is 2.04. The Kier molecular flexibility index (Phi) is 3.37. The van der Waals surface area contributed by atoms with Gasteiger partial charge in [-0.1, -0.05) is 0 Å². The van der Waals surface area contributed by atoms with E-state index in [9.17, 15) is 4.79 Å². The normalized spacial score (nSPS) is 29.3. The lowest BCUT2D eigenvalue weighted by molar-refractivity contribution is -0.131. The fourth-order valence-electron chi connectivity index (χ4n) is 2.04. The topological polar surface area (TPSA) is 41.6 Å². The summed E-state index contributed by atoms with van der Waals surface area (Å²) in [5, 5.41) is 3.23. The summed E-state index contributed by atoms with van der Waals surface area (Å²) in [4.78, 5) is 13.6. The largest absolute Gasteiger partial charge is 0.376 e. The zero-order valence-electron chi connectivity index (χ0n) is 8.50. The van der Waals surface area contributed by atoms with Crippen LogP contribution in [0.3, 0.4) is 0 Å². The van der Waals surface area contributed by atoms with Gasteiger partial charge in [-0.15, -0.1) is 0 Å². The quantitative estimate of drug-likeness (QED) is 0.678. The minimum absolute atomic E-state index is 0.269. The van der Waals surface area contributed by atoms with Gasteiger partial charge in [0.15, 0.2) is 0 Å². The minimum Gasteiger partial charge on any atom is -0.376 e. The van der Waals surface area contributed by atoms with Crippen molar-refractivity contribution >= 4 is 5.91 Å². The van der Waals surface area contributed by atoms with Crippen molar-refractivity contribution in [2.75, 3.05) is 32.8 Å². The SMILES string of the molecule is O=C1CCNCCN1C[C@@H]1CCCO1. The zero-order chi connectivity index (χ0) is 9.80. The van der Waals surface area contributed by atoms with E-state index in [1.165, 1.54) is 0 Å². The Bertz CT molecular complexity index is 202. The summed E-state index contributed by atoms with van der Waals surface area (Å²) in [6.07, 6.45) is 3.17. The Hall–Kier alpha value is -0.610. The van der Waals surface area contributed by atoms with Crippen LogP contribution in [0.2, 0.25) is 0 Å². The van der Waals surface area contributed by atoms with E-state index in [1.54, 1.807) is 0 Å². The molecule has 0 bridgehead atoms. The molecule has 2 saturated heterocycles. The van der Waals surface area contributed by atoms with Gasteiger partial charge in [-0.3, -0.25) is 4.79 Å². The molecule has 4 heteroatoms. The lowest BCUT2D eigenvalue weighted by Gasteiger charge is -2.23. The van der Waals surface area contributed by atoms with Crippen LogP contribution in [0, 0.1) is 0 Å². The standard InChI is InChI=1S/C10H18N2O2/c13-10-3-4-11-5-6-12(10)8-9-2-1-7-14-9/h9,11H,1-8H2/t9-/m0/s1. The number of carbonyl (C=O) groups is 1. The molecule has 0 saturated carbocycles. The summed E-state index contributed by atoms with van der Waals surface area (Å²) in [6, 6.07) is 0. The Labute approximate surface area is 84.6 Å². The second kappa shape index (κ2) is 4.75. The summed E-state index contributed by atoms with van der Waals surface area (Å²) in [5.41, 5.74) is 0. The molecule has 14 heavy (non-hydrogen) atoms. The monoisotopic (exact) mass is 198 g/mol. The molecule has 0 aromatic rings. The Morgan fingerprint density at radius 1 is 1.50 bits per heavy atom. The molecule has 1 atom stereocenters. The van der Waals surface area contributed by atoms with E-state index < -0.39 is 0 Å². The average molecular weight is 198 g/mol. The Balaban J connectivity index is 1.84. The molecule has 0 unspecified atom stereocenters. The van der Waals surface area contributed by atoms with E-state index in [-0.39, 0.29) is 12.0 Å². The van der Waals surface area contributed by atoms with E-state index in [2.05, 4.69) is 5.32 Å². The molecule has 0 aliphatic carbocycles. The summed E-state index contributed by atoms with van der Waals surface area (Å²) in [6.45, 7) is 4.23. The van der Waals surface area contributed by atoms with Crippen molar-refractivity contribution in [3.8, 4) is 0 Å². The van der Waals surface area contributed by atoms with Crippen molar-refractivity contribution in [1.29, 1.82) is 0 Å². The van der Waals surface area contributed by atoms with Gasteiger partial charge < -0.3 is 15.0 Å². The number of rotatable bonds is 2. The van der Waals surface area contributed by atoms with E-state index in [0.29, 0.717) is 6.42 Å². The van der Waals surface area contributed by atoms with Crippen molar-refractivity contribution in [2.24, 2.45) is 0 Å². The highest BCUT2D eigenvalue weighted by Gasteiger charge is 2.23. The molecule has 1 N–H and O–H groups in total. The van der Waals surface area contributed by atoms with Crippen molar-refractivity contribution in [3.63, 3.8) is 0 Å². The van der Waals surface area contributed by atoms with Crippen LogP contribution < -0.4 is 5.32 Å². The molecule has 0 spiro atoms. The summed E-state index contributed by atoms with van der Waals surface area (Å²) in [7, 11) is 0. The van der Waals surface area contributed by atoms with Crippen LogP contribution in [0.5, 0.6) is 0 Å². The van der Waals surface area contributed by atoms with Crippen molar-refractivity contribution < 1.29 is 9.53 Å². The lowest BCUT2D eigenvalue weighted by atomic mass is 10.2. The first-order valence-corrected chi connectivity index (χ1v) is 5.46. The molecule has 0 aromatic carbocycles. The van der Waals surface area contributed by atoms with Crippen molar-refractivity contribution in [3.05, 3.63) is 0 Å². The van der Waals surface area contributed by atoms with Crippen molar-refractivity contribution in [1.82, 2.24) is 10.2 Å². The van der Waals surface area contributed by atoms with Crippen LogP contribution in [0.4, 0.5) is 0 Å². The van der Waals surface area contributed by atoms with Crippen molar-refractivity contribution in [2.45, 2.75) is 25.4 Å². The smallest absolute Gasteiger partial charge is 0.223 e. The van der Waals surface area contributed by atoms with Crippen LogP contribution in [0.15, 0.2) is 0 Å². The van der Waals surface area contributed by atoms with E-state index in [4.69, 9.17) is 4.74 Å². The van der Waals surface area contributed by atoms with Gasteiger partial charge in [0.25, 0.3) is 0 Å². The molecule has 2 rings (SSSR count). The van der Waals surface area contributed by atoms with Gasteiger partial charge in [0, 0.05) is 39.2 Å². The minimum atomic E-state index is 0.269. The van der Waals surface area contributed by atoms with Gasteiger partial charge in [-0.2, -0.15) is 0 Å². The predicted octanol–water partition coefficient (Wildman–Crippen LogP) is -0.0127. The Morgan fingerprint density at radius 2 is 2.43 bits per heavy atom. The van der Waals surface area contributed by atoms with Crippen LogP contribution in [-0.2, 0) is 9.53 Å². The van der Waals surface area contributed by atoms with Crippen LogP contribution >= 0.6 is 0 Å². The number of ether oxygens (including phenoxy) is 1. The average Bonchev–Trinajstić information content (AvgIpc) is 2.60. The highest BCUT2D eigenvalue weighted by Crippen LogP contribution is 2.14. The molecular formula is C10H18N2O2. The summed E-state index contributed by atoms with van der Waals surface area (Å²) in [5.74, 6) is 0.269. The van der Waals surface area contributed by atoms with Gasteiger partial charge in [-0.05, 0) is 12.8 Å². The van der Waals surface area contributed by atoms with Gasteiger partial charge >= 0.3 is 0 Å². The number of amides is 1. The molecule has 2 aliphatic rings. The molecule has 4 nitrogen and oxygen atoms in total. The molecule has 0 aromatic heterocycles. The van der Waals surface area contributed by atoms with E-state index in [0.717, 1.165) is 45.6 Å². The third kappa shape index (κ3) is 2.45. The molecule has 0 radical (unpaired) electrons. The first kappa shape index (κ1) is 9.93. The first-order valence-electron chi connectivity index (χ1n) is 5.46. The molecule has 1 amide bonds. The fraction of sp³-hybridized carbons (Fsp3) is 0.900. The molecular weight excluding hydrogens is 180 g/mol. The second-order valence-corrected chi connectivity index (χ2v) is 3.97. The number of carbonyl (C=O) groups excluding carboxylic acids is 1. The Morgan fingerprint density at radius 3 is 3.21 bits per heavy atom. The maximum Gasteiger partial charge on any atom is 0.223 e. The molecule has 2 aliphatic heterocycles. The molecule has 2 fully saturated rings. The number of nitrogens with zero attached hydrogens (tertiary/aromatic N) is 1. The van der Waals surface area contributed by atoms with Crippen LogP contribution in [0.25, 0.3) is 0 Å². The van der Waals surface area contributed by atoms with E-state index >= 15 is 0 Å². The first-order chi connectivity index (χ1) is 6.86. The summed E-state index contributed by atoms with van der Waals surface area (Å²) >= 11 is 0. The third-order valence-electron chi connectivity index (χ3n) is 2.87. The second-order valence-electron chi connectivity index (χ2n) is 3.97. The number of nitrogens with one attached hydrogen (secondary N) is 1. The third-order valence-corrected chi connectivity index (χ3v) is 2.87. The highest BCUT2D eigenvalue weighted by molar-refractivity contribution is 5.76. The van der Waals surface area contributed by atoms with Gasteiger partial charge in [0.2, 0.25) is 5.91 Å². The highest BCUT2D eigenvalue weighted by atomic mass is 16.5. The zero-order valence-corrected chi connectivity index (χ0v) is 8.50. The number of hydrogen-bond donors (Lipinski definition) is 1. The number of hydrogen-bond acceptors (Lipinski definition) is 3. The van der Waals surface area contributed by atoms with Crippen LogP contribution in [0.1, 0.15) is 19.3 Å². The summed E-state index contributed by atoms with van der Waals surface area (Å²) < 4.78 is 5.53. The predicted molar refractivity (Wildman–Crippen MR) is 53.0 cm³/mol. The molecule has 80 valence electrons. The van der Waals surface area contributed by atoms with Crippen LogP contribution in [-0.4, -0.2) is 49.7 Å². The van der Waals surface area contributed by atoms with Gasteiger partial charge in [0.1, 0.15) is 0 Å². The molecule has 2 heterocycles. The lowest BCUT2D eigenvalue weighted by Crippen LogP contribution is -2.38. The maximum atomic E-state index is 11.6. The van der Waals surface area contributed by atoms with Gasteiger partial charge in [-0.25, -0.2) is 0 Å². The van der Waals surface area contributed by atoms with E-state index in [1.807, 2.05) is 4.90 Å². The maximum absolute atomic E-state index is 11.6. The van der Waals surface area contributed by atoms with Gasteiger partial charge in [0.05, 0.1) is 6.10 Å².